The summed E-state index contributed by atoms with van der Waals surface area (Å²) in [4.78, 5) is 42.5. The highest BCUT2D eigenvalue weighted by molar-refractivity contribution is 5.95. The van der Waals surface area contributed by atoms with Crippen molar-refractivity contribution in [3.63, 3.8) is 0 Å². The molecule has 0 aliphatic rings. The number of aromatic nitrogens is 1. The quantitative estimate of drug-likeness (QED) is 0.0224. The number of carbonyl (C=O) groups excluding carboxylic acids is 2. The van der Waals surface area contributed by atoms with Crippen LogP contribution in [-0.4, -0.2) is 66.1 Å². The van der Waals surface area contributed by atoms with Gasteiger partial charge in [0.05, 0.1) is 40.6 Å². The van der Waals surface area contributed by atoms with Crippen molar-refractivity contribution >= 4 is 29.1 Å². The average Bonchev–Trinajstić information content (AvgIpc) is 3.27. The number of nitro groups is 1. The summed E-state index contributed by atoms with van der Waals surface area (Å²) in [5.41, 5.74) is 3.93. The molecule has 0 aliphatic heterocycles. The fraction of sp³-hybridized carbons (Fsp3) is 0.380. The first kappa shape index (κ1) is 50.5. The fourth-order valence-corrected chi connectivity index (χ4v) is 7.20. The lowest BCUT2D eigenvalue weighted by Gasteiger charge is -2.30. The Morgan fingerprint density at radius 3 is 2.21 bits per heavy atom. The number of halogens is 3. The topological polar surface area (TPSA) is 154 Å². The first-order valence-corrected chi connectivity index (χ1v) is 21.8. The fourth-order valence-electron chi connectivity index (χ4n) is 7.20. The van der Waals surface area contributed by atoms with Gasteiger partial charge in [-0.15, -0.1) is 0 Å². The van der Waals surface area contributed by atoms with Crippen molar-refractivity contribution in [2.45, 2.75) is 91.3 Å². The molecule has 5 rings (SSSR count). The number of hydrogen-bond donors (Lipinski definition) is 2. The number of amides is 1. The molecule has 13 nitrogen and oxygen atoms in total. The molecular formula is C50H58F3N5O8. The maximum absolute atomic E-state index is 13.3. The van der Waals surface area contributed by atoms with Gasteiger partial charge in [0.1, 0.15) is 12.4 Å². The minimum absolute atomic E-state index is 0.0471. The zero-order chi connectivity index (χ0) is 48.1. The van der Waals surface area contributed by atoms with Gasteiger partial charge in [-0.05, 0) is 126 Å². The van der Waals surface area contributed by atoms with E-state index in [0.717, 1.165) is 53.3 Å². The Balaban J connectivity index is 1.18. The zero-order valence-corrected chi connectivity index (χ0v) is 38.4. The zero-order valence-electron chi connectivity index (χ0n) is 38.4. The van der Waals surface area contributed by atoms with Crippen molar-refractivity contribution in [2.24, 2.45) is 0 Å². The Labute approximate surface area is 383 Å². The highest BCUT2D eigenvalue weighted by atomic mass is 19.4. The number of ether oxygens (including phenoxy) is 4. The molecule has 0 saturated carbocycles. The van der Waals surface area contributed by atoms with Gasteiger partial charge in [0.25, 0.3) is 11.6 Å². The van der Waals surface area contributed by atoms with Crippen molar-refractivity contribution < 1.29 is 46.6 Å². The summed E-state index contributed by atoms with van der Waals surface area (Å²) < 4.78 is 62.3. The molecule has 0 spiro atoms. The molecule has 0 aliphatic carbocycles. The van der Waals surface area contributed by atoms with Gasteiger partial charge >= 0.3 is 12.3 Å². The Hall–Kier alpha value is -6.52. The van der Waals surface area contributed by atoms with Gasteiger partial charge in [0, 0.05) is 72.9 Å². The van der Waals surface area contributed by atoms with E-state index in [4.69, 9.17) is 18.9 Å². The third-order valence-electron chi connectivity index (χ3n) is 10.8. The van der Waals surface area contributed by atoms with Crippen LogP contribution in [0.2, 0.25) is 0 Å². The lowest BCUT2D eigenvalue weighted by molar-refractivity contribution is -0.384. The summed E-state index contributed by atoms with van der Waals surface area (Å²) in [5, 5.41) is 17.2. The second kappa shape index (κ2) is 22.6. The number of alkyl halides is 3. The molecule has 1 unspecified atom stereocenters. The van der Waals surface area contributed by atoms with Crippen LogP contribution in [0.4, 0.5) is 35.0 Å². The molecule has 5 aromatic rings. The standard InChI is InChI=1S/C50H58F3N5O8/c1-8-57(9-2)41-18-21-44(43(31-41)45-30-38(22-24-54-45)46(59)55-33-36-13-11-15-39(29-36)50(51,52)53)56-34(3)37-14-10-12-35(28-37)32-49(6,7)64-25-23-48(4,5)65-27-26-63-47(60)66-42-19-16-40(17-20-42)58(61)62/h10-22,24,28-31,34,56H,8-9,23,25-27,32-33H2,1-7H3,(H,55,59). The predicted octanol–water partition coefficient (Wildman–Crippen LogP) is 11.4. The van der Waals surface area contributed by atoms with Crippen LogP contribution in [0.3, 0.4) is 0 Å². The molecule has 352 valence electrons. The van der Waals surface area contributed by atoms with Crippen molar-refractivity contribution in [2.75, 3.05) is 43.1 Å². The summed E-state index contributed by atoms with van der Waals surface area (Å²) in [6, 6.07) is 27.5. The maximum atomic E-state index is 13.3. The molecule has 1 amide bonds. The van der Waals surface area contributed by atoms with Gasteiger partial charge in [0.15, 0.2) is 0 Å². The van der Waals surface area contributed by atoms with Gasteiger partial charge < -0.3 is 34.5 Å². The van der Waals surface area contributed by atoms with Crippen molar-refractivity contribution in [3.8, 4) is 17.0 Å². The molecule has 0 fully saturated rings. The number of nitrogens with zero attached hydrogens (tertiary/aromatic N) is 3. The van der Waals surface area contributed by atoms with Crippen LogP contribution < -0.4 is 20.3 Å². The van der Waals surface area contributed by atoms with Crippen molar-refractivity contribution in [1.82, 2.24) is 10.3 Å². The van der Waals surface area contributed by atoms with E-state index in [0.29, 0.717) is 36.3 Å². The number of nitro benzene ring substituents is 1. The number of nitrogens with one attached hydrogen (secondary N) is 2. The van der Waals surface area contributed by atoms with E-state index < -0.39 is 39.9 Å². The number of hydrogen-bond acceptors (Lipinski definition) is 11. The summed E-state index contributed by atoms with van der Waals surface area (Å²) in [6.07, 6.45) is -2.67. The Morgan fingerprint density at radius 1 is 0.818 bits per heavy atom. The van der Waals surface area contributed by atoms with Crippen LogP contribution >= 0.6 is 0 Å². The van der Waals surface area contributed by atoms with E-state index in [9.17, 15) is 32.9 Å². The highest BCUT2D eigenvalue weighted by Gasteiger charge is 2.30. The first-order valence-electron chi connectivity index (χ1n) is 21.8. The molecule has 1 heterocycles. The number of benzene rings is 4. The number of pyridine rings is 1. The van der Waals surface area contributed by atoms with Gasteiger partial charge in [-0.25, -0.2) is 4.79 Å². The summed E-state index contributed by atoms with van der Waals surface area (Å²) in [7, 11) is 0. The molecule has 0 bridgehead atoms. The van der Waals surface area contributed by atoms with E-state index in [-0.39, 0.29) is 37.2 Å². The number of carbonyl (C=O) groups is 2. The van der Waals surface area contributed by atoms with Crippen molar-refractivity contribution in [1.29, 1.82) is 0 Å². The molecule has 0 saturated heterocycles. The summed E-state index contributed by atoms with van der Waals surface area (Å²) >= 11 is 0. The van der Waals surface area contributed by atoms with E-state index in [2.05, 4.69) is 65.6 Å². The van der Waals surface area contributed by atoms with E-state index in [1.807, 2.05) is 45.9 Å². The molecule has 2 N–H and O–H groups in total. The summed E-state index contributed by atoms with van der Waals surface area (Å²) in [6.45, 7) is 16.2. The number of non-ortho nitro benzene ring substituents is 1. The second-order valence-electron chi connectivity index (χ2n) is 16.9. The average molecular weight is 914 g/mol. The van der Waals surface area contributed by atoms with E-state index >= 15 is 0 Å². The SMILES string of the molecule is CCN(CC)c1ccc(NC(C)c2cccc(CC(C)(C)OCCC(C)(C)OCCOC(=O)Oc3ccc([N+](=O)[O-])cc3)c2)c(-c2cc(C(=O)NCc3cccc(C(F)(F)F)c3)ccn2)c1. The van der Waals surface area contributed by atoms with Crippen LogP contribution in [0.5, 0.6) is 5.75 Å². The van der Waals surface area contributed by atoms with Crippen LogP contribution in [0.1, 0.15) is 93.5 Å². The van der Waals surface area contributed by atoms with Crippen LogP contribution in [0, 0.1) is 10.1 Å². The minimum Gasteiger partial charge on any atom is -0.432 e. The minimum atomic E-state index is -4.49. The van der Waals surface area contributed by atoms with Crippen LogP contribution in [0.25, 0.3) is 11.3 Å². The Kier molecular flexibility index (Phi) is 17.3. The van der Waals surface area contributed by atoms with Gasteiger partial charge in [-0.2, -0.15) is 13.2 Å². The molecule has 66 heavy (non-hydrogen) atoms. The van der Waals surface area contributed by atoms with E-state index in [1.54, 1.807) is 18.3 Å². The third kappa shape index (κ3) is 15.0. The monoisotopic (exact) mass is 913 g/mol. The van der Waals surface area contributed by atoms with Crippen molar-refractivity contribution in [3.05, 3.63) is 147 Å². The van der Waals surface area contributed by atoms with Crippen LogP contribution in [-0.2, 0) is 33.4 Å². The lowest BCUT2D eigenvalue weighted by atomic mass is 9.95. The maximum Gasteiger partial charge on any atom is 0.513 e. The highest BCUT2D eigenvalue weighted by Crippen LogP contribution is 2.35. The molecular weight excluding hydrogens is 856 g/mol. The molecule has 16 heteroatoms. The van der Waals surface area contributed by atoms with E-state index in [1.165, 1.54) is 36.4 Å². The molecule has 1 aromatic heterocycles. The van der Waals surface area contributed by atoms with Gasteiger partial charge in [-0.3, -0.25) is 19.9 Å². The largest absolute Gasteiger partial charge is 0.513 e. The normalized spacial score (nSPS) is 12.3. The second-order valence-corrected chi connectivity index (χ2v) is 16.9. The molecule has 1 atom stereocenters. The van der Waals surface area contributed by atoms with Crippen LogP contribution in [0.15, 0.2) is 109 Å². The van der Waals surface area contributed by atoms with Gasteiger partial charge in [-0.1, -0.05) is 36.4 Å². The number of anilines is 2. The first-order chi connectivity index (χ1) is 31.3. The summed E-state index contributed by atoms with van der Waals surface area (Å²) in [5.74, 6) is -0.314. The third-order valence-corrected chi connectivity index (χ3v) is 10.8. The molecule has 0 radical (unpaired) electrons. The Bertz CT molecular complexity index is 2420. The number of rotatable bonds is 22. The smallest absolute Gasteiger partial charge is 0.432 e. The molecule has 4 aromatic carbocycles. The lowest BCUT2D eigenvalue weighted by Crippen LogP contribution is -2.33. The Morgan fingerprint density at radius 2 is 1.52 bits per heavy atom. The predicted molar refractivity (Wildman–Crippen MR) is 248 cm³/mol. The van der Waals surface area contributed by atoms with Gasteiger partial charge in [0.2, 0.25) is 0 Å².